The van der Waals surface area contributed by atoms with Gasteiger partial charge in [0.25, 0.3) is 5.91 Å². The van der Waals surface area contributed by atoms with Gasteiger partial charge in [0.2, 0.25) is 0 Å². The van der Waals surface area contributed by atoms with Crippen molar-refractivity contribution in [3.63, 3.8) is 0 Å². The number of benzene rings is 3. The lowest BCUT2D eigenvalue weighted by molar-refractivity contribution is -0.124. The van der Waals surface area contributed by atoms with E-state index in [0.717, 1.165) is 28.1 Å². The maximum Gasteiger partial charge on any atom is 0.267 e. The monoisotopic (exact) mass is 415 g/mol. The van der Waals surface area contributed by atoms with E-state index in [1.807, 2.05) is 60.7 Å². The molecule has 0 aromatic heterocycles. The predicted octanol–water partition coefficient (Wildman–Crippen LogP) is 3.74. The Morgan fingerprint density at radius 2 is 1.84 bits per heavy atom. The number of anilines is 2. The summed E-state index contributed by atoms with van der Waals surface area (Å²) in [6.07, 6.45) is 3.47. The largest absolute Gasteiger partial charge is 0.394 e. The van der Waals surface area contributed by atoms with Crippen LogP contribution in [0.25, 0.3) is 6.08 Å². The van der Waals surface area contributed by atoms with E-state index in [4.69, 9.17) is 5.21 Å². The molecule has 1 aliphatic rings. The molecule has 6 heteroatoms. The van der Waals surface area contributed by atoms with Gasteiger partial charge in [-0.25, -0.2) is 5.48 Å². The number of aliphatic hydroxyl groups is 1. The highest BCUT2D eigenvalue weighted by atomic mass is 16.5. The lowest BCUT2D eigenvalue weighted by Crippen LogP contribution is -2.41. The van der Waals surface area contributed by atoms with Gasteiger partial charge in [0, 0.05) is 6.08 Å². The highest BCUT2D eigenvalue weighted by Crippen LogP contribution is 2.43. The first-order valence-electron chi connectivity index (χ1n) is 10.2. The summed E-state index contributed by atoms with van der Waals surface area (Å²) in [5, 5.41) is 22.6. The highest BCUT2D eigenvalue weighted by molar-refractivity contribution is 5.90. The van der Waals surface area contributed by atoms with Crippen LogP contribution in [-0.2, 0) is 11.2 Å². The normalized spacial score (nSPS) is 16.1. The molecule has 0 bridgehead atoms. The predicted molar refractivity (Wildman–Crippen MR) is 122 cm³/mol. The molecule has 3 aromatic rings. The minimum absolute atomic E-state index is 0.0116. The number of aliphatic hydroxyl groups excluding tert-OH is 1. The molecule has 31 heavy (non-hydrogen) atoms. The summed E-state index contributed by atoms with van der Waals surface area (Å²) in [6, 6.07) is 26.0. The smallest absolute Gasteiger partial charge is 0.267 e. The summed E-state index contributed by atoms with van der Waals surface area (Å²) < 4.78 is 0. The molecule has 0 radical (unpaired) electrons. The Kier molecular flexibility index (Phi) is 6.31. The van der Waals surface area contributed by atoms with Gasteiger partial charge in [-0.3, -0.25) is 10.0 Å². The van der Waals surface area contributed by atoms with Gasteiger partial charge in [-0.2, -0.15) is 0 Å². The number of carbonyl (C=O) groups is 1. The zero-order valence-corrected chi connectivity index (χ0v) is 17.0. The lowest BCUT2D eigenvalue weighted by atomic mass is 10.0. The van der Waals surface area contributed by atoms with Crippen molar-refractivity contribution in [2.24, 2.45) is 0 Å². The van der Waals surface area contributed by atoms with Crippen molar-refractivity contribution in [1.29, 1.82) is 0 Å². The minimum atomic E-state index is -0.582. The molecule has 1 aliphatic heterocycles. The van der Waals surface area contributed by atoms with Crippen molar-refractivity contribution in [2.75, 3.05) is 16.8 Å². The Morgan fingerprint density at radius 3 is 2.61 bits per heavy atom. The number of carbonyl (C=O) groups excluding carboxylic acids is 1. The van der Waals surface area contributed by atoms with Gasteiger partial charge in [-0.1, -0.05) is 60.7 Å². The molecule has 4 N–H and O–H groups in total. The van der Waals surface area contributed by atoms with Crippen LogP contribution in [0.1, 0.15) is 22.9 Å². The molecule has 0 fully saturated rings. The van der Waals surface area contributed by atoms with Crippen molar-refractivity contribution >= 4 is 23.4 Å². The number of amides is 1. The van der Waals surface area contributed by atoms with E-state index in [2.05, 4.69) is 28.4 Å². The molecule has 0 saturated heterocycles. The van der Waals surface area contributed by atoms with Gasteiger partial charge < -0.3 is 15.3 Å². The molecular formula is C25H25N3O3. The fourth-order valence-electron chi connectivity index (χ4n) is 4.01. The quantitative estimate of drug-likeness (QED) is 0.268. The van der Waals surface area contributed by atoms with E-state index >= 15 is 0 Å². The van der Waals surface area contributed by atoms with Crippen LogP contribution >= 0.6 is 0 Å². The van der Waals surface area contributed by atoms with Gasteiger partial charge in [-0.05, 0) is 47.4 Å². The van der Waals surface area contributed by atoms with Crippen LogP contribution < -0.4 is 15.7 Å². The third-order valence-corrected chi connectivity index (χ3v) is 5.43. The standard InChI is InChI=1S/C25H25N3O3/c29-17-21(16-18-7-2-1-3-8-18)28-23-12-5-4-11-22(23)26-25(28)20-10-6-9-19(15-20)13-14-24(30)27-31/h1-15,21,25-26,29,31H,16-17H2,(H,27,30)/b14-13+. The summed E-state index contributed by atoms with van der Waals surface area (Å²) in [4.78, 5) is 13.6. The van der Waals surface area contributed by atoms with Crippen LogP contribution in [0.5, 0.6) is 0 Å². The fraction of sp³-hybridized carbons (Fsp3) is 0.160. The molecule has 6 nitrogen and oxygen atoms in total. The lowest BCUT2D eigenvalue weighted by Gasteiger charge is -2.34. The summed E-state index contributed by atoms with van der Waals surface area (Å²) in [7, 11) is 0. The van der Waals surface area contributed by atoms with Crippen LogP contribution in [0.4, 0.5) is 11.4 Å². The second-order valence-corrected chi connectivity index (χ2v) is 7.48. The second-order valence-electron chi connectivity index (χ2n) is 7.48. The Morgan fingerprint density at radius 1 is 1.06 bits per heavy atom. The van der Waals surface area contributed by atoms with Crippen molar-refractivity contribution < 1.29 is 15.1 Å². The van der Waals surface area contributed by atoms with E-state index in [1.54, 1.807) is 11.6 Å². The molecule has 1 heterocycles. The number of hydrogen-bond acceptors (Lipinski definition) is 5. The van der Waals surface area contributed by atoms with Crippen molar-refractivity contribution in [1.82, 2.24) is 5.48 Å². The van der Waals surface area contributed by atoms with Gasteiger partial charge in [-0.15, -0.1) is 0 Å². The van der Waals surface area contributed by atoms with Crippen molar-refractivity contribution in [2.45, 2.75) is 18.6 Å². The molecular weight excluding hydrogens is 390 g/mol. The maximum atomic E-state index is 11.3. The van der Waals surface area contributed by atoms with E-state index in [9.17, 15) is 9.90 Å². The minimum Gasteiger partial charge on any atom is -0.394 e. The Bertz CT molecular complexity index is 1070. The molecule has 4 rings (SSSR count). The SMILES string of the molecule is O=C(/C=C/c1cccc(C2Nc3ccccc3N2C(CO)Cc2ccccc2)c1)NO. The topological polar surface area (TPSA) is 84.8 Å². The Balaban J connectivity index is 1.68. The zero-order valence-electron chi connectivity index (χ0n) is 17.0. The van der Waals surface area contributed by atoms with E-state index in [0.29, 0.717) is 6.42 Å². The van der Waals surface area contributed by atoms with Gasteiger partial charge in [0.1, 0.15) is 6.17 Å². The summed E-state index contributed by atoms with van der Waals surface area (Å²) in [5.41, 5.74) is 6.66. The number of hydroxylamine groups is 1. The molecule has 0 aliphatic carbocycles. The van der Waals surface area contributed by atoms with Crippen LogP contribution in [0.15, 0.2) is 84.9 Å². The average Bonchev–Trinajstić information content (AvgIpc) is 3.21. The fourth-order valence-corrected chi connectivity index (χ4v) is 4.01. The van der Waals surface area contributed by atoms with Crippen molar-refractivity contribution in [3.8, 4) is 0 Å². The van der Waals surface area contributed by atoms with E-state index in [-0.39, 0.29) is 18.8 Å². The Hall–Kier alpha value is -3.61. The number of para-hydroxylation sites is 2. The third-order valence-electron chi connectivity index (χ3n) is 5.43. The third kappa shape index (κ3) is 4.60. The summed E-state index contributed by atoms with van der Waals surface area (Å²) in [5.74, 6) is -0.582. The first-order chi connectivity index (χ1) is 15.2. The molecule has 1 amide bonds. The average molecular weight is 415 g/mol. The van der Waals surface area contributed by atoms with Gasteiger partial charge in [0.05, 0.1) is 24.0 Å². The molecule has 158 valence electrons. The molecule has 0 spiro atoms. The second kappa shape index (κ2) is 9.47. The van der Waals surface area contributed by atoms with Crippen LogP contribution in [-0.4, -0.2) is 28.9 Å². The number of rotatable bonds is 7. The maximum absolute atomic E-state index is 11.3. The van der Waals surface area contributed by atoms with Crippen LogP contribution in [0.2, 0.25) is 0 Å². The summed E-state index contributed by atoms with van der Waals surface area (Å²) in [6.45, 7) is 0.0116. The first kappa shape index (κ1) is 20.7. The molecule has 2 unspecified atom stereocenters. The number of fused-ring (bicyclic) bond motifs is 1. The van der Waals surface area contributed by atoms with Crippen LogP contribution in [0.3, 0.4) is 0 Å². The highest BCUT2D eigenvalue weighted by Gasteiger charge is 2.34. The van der Waals surface area contributed by atoms with Crippen LogP contribution in [0, 0.1) is 0 Å². The van der Waals surface area contributed by atoms with E-state index in [1.165, 1.54) is 6.08 Å². The Labute approximate surface area is 181 Å². The van der Waals surface area contributed by atoms with Crippen molar-refractivity contribution in [3.05, 3.63) is 102 Å². The molecule has 3 aromatic carbocycles. The number of nitrogens with one attached hydrogen (secondary N) is 2. The number of hydrogen-bond donors (Lipinski definition) is 4. The molecule has 2 atom stereocenters. The summed E-state index contributed by atoms with van der Waals surface area (Å²) >= 11 is 0. The van der Waals surface area contributed by atoms with Gasteiger partial charge >= 0.3 is 0 Å². The van der Waals surface area contributed by atoms with Gasteiger partial charge in [0.15, 0.2) is 0 Å². The van der Waals surface area contributed by atoms with E-state index < -0.39 is 5.91 Å². The zero-order chi connectivity index (χ0) is 21.6. The number of nitrogens with zero attached hydrogens (tertiary/aromatic N) is 1. The first-order valence-corrected chi connectivity index (χ1v) is 10.2. The molecule has 0 saturated carbocycles.